The van der Waals surface area contributed by atoms with Gasteiger partial charge in [-0.1, -0.05) is 12.1 Å². The van der Waals surface area contributed by atoms with Gasteiger partial charge in [0.1, 0.15) is 0 Å². The van der Waals surface area contributed by atoms with Crippen LogP contribution < -0.4 is 5.32 Å². The first-order chi connectivity index (χ1) is 7.81. The molecule has 0 heterocycles. The van der Waals surface area contributed by atoms with E-state index in [1.54, 1.807) is 0 Å². The monoisotopic (exact) mass is 253 g/mol. The minimum atomic E-state index is -4.26. The predicted octanol–water partition coefficient (Wildman–Crippen LogP) is 3.57. The van der Waals surface area contributed by atoms with Crippen molar-refractivity contribution in [3.63, 3.8) is 0 Å². The standard InChI is InChI=1S/C11H12F5N/c1-7(17-6-5-11(14,15)16)8-3-2-4-9(12)10(8)13/h2-4,7,17H,5-6H2,1H3. The van der Waals surface area contributed by atoms with Gasteiger partial charge in [0, 0.05) is 18.2 Å². The zero-order valence-electron chi connectivity index (χ0n) is 9.11. The molecular formula is C11H12F5N. The molecule has 0 aromatic heterocycles. The number of alkyl halides is 3. The molecule has 1 aromatic rings. The van der Waals surface area contributed by atoms with Gasteiger partial charge in [0.25, 0.3) is 0 Å². The van der Waals surface area contributed by atoms with E-state index in [-0.39, 0.29) is 12.1 Å². The summed E-state index contributed by atoms with van der Waals surface area (Å²) < 4.78 is 61.8. The molecule has 0 fully saturated rings. The molecule has 0 aliphatic heterocycles. The molecule has 1 rings (SSSR count). The van der Waals surface area contributed by atoms with Crippen LogP contribution >= 0.6 is 0 Å². The Kier molecular flexibility index (Phi) is 4.45. The van der Waals surface area contributed by atoms with Crippen LogP contribution in [0.15, 0.2) is 18.2 Å². The zero-order chi connectivity index (χ0) is 13.1. The summed E-state index contributed by atoms with van der Waals surface area (Å²) in [5.74, 6) is -2.04. The molecule has 0 saturated heterocycles. The van der Waals surface area contributed by atoms with Gasteiger partial charge in [0.15, 0.2) is 11.6 Å². The van der Waals surface area contributed by atoms with Crippen LogP contribution in [0.4, 0.5) is 22.0 Å². The second-order valence-electron chi connectivity index (χ2n) is 3.68. The Balaban J connectivity index is 2.58. The van der Waals surface area contributed by atoms with Crippen molar-refractivity contribution >= 4 is 0 Å². The Morgan fingerprint density at radius 1 is 1.24 bits per heavy atom. The predicted molar refractivity (Wildman–Crippen MR) is 53.4 cm³/mol. The number of halogens is 5. The molecule has 1 N–H and O–H groups in total. The molecule has 0 saturated carbocycles. The Morgan fingerprint density at radius 2 is 1.88 bits per heavy atom. The quantitative estimate of drug-likeness (QED) is 0.809. The molecule has 1 aromatic carbocycles. The van der Waals surface area contributed by atoms with Crippen molar-refractivity contribution in [3.8, 4) is 0 Å². The van der Waals surface area contributed by atoms with Crippen LogP contribution in [0.1, 0.15) is 24.9 Å². The summed E-state index contributed by atoms with van der Waals surface area (Å²) in [5, 5.41) is 2.50. The molecule has 1 nitrogen and oxygen atoms in total. The second-order valence-corrected chi connectivity index (χ2v) is 3.68. The highest BCUT2D eigenvalue weighted by atomic mass is 19.4. The first-order valence-corrected chi connectivity index (χ1v) is 5.05. The van der Waals surface area contributed by atoms with Crippen molar-refractivity contribution in [3.05, 3.63) is 35.4 Å². The van der Waals surface area contributed by atoms with Gasteiger partial charge >= 0.3 is 6.18 Å². The number of nitrogens with one attached hydrogen (secondary N) is 1. The summed E-state index contributed by atoms with van der Waals surface area (Å²) in [6.45, 7) is 1.15. The van der Waals surface area contributed by atoms with Crippen molar-refractivity contribution in [2.45, 2.75) is 25.6 Å². The largest absolute Gasteiger partial charge is 0.390 e. The lowest BCUT2D eigenvalue weighted by molar-refractivity contribution is -0.133. The molecule has 0 bridgehead atoms. The number of hydrogen-bond acceptors (Lipinski definition) is 1. The summed E-state index contributed by atoms with van der Waals surface area (Å²) in [5.41, 5.74) is 0.0205. The lowest BCUT2D eigenvalue weighted by Gasteiger charge is -2.15. The van der Waals surface area contributed by atoms with Crippen molar-refractivity contribution < 1.29 is 22.0 Å². The van der Waals surface area contributed by atoms with Crippen LogP contribution in [0.3, 0.4) is 0 Å². The maximum absolute atomic E-state index is 13.3. The van der Waals surface area contributed by atoms with E-state index in [9.17, 15) is 22.0 Å². The van der Waals surface area contributed by atoms with Gasteiger partial charge in [-0.05, 0) is 13.0 Å². The molecule has 1 atom stereocenters. The number of rotatable bonds is 4. The highest BCUT2D eigenvalue weighted by molar-refractivity contribution is 5.21. The zero-order valence-corrected chi connectivity index (χ0v) is 9.11. The summed E-state index contributed by atoms with van der Waals surface area (Å²) in [7, 11) is 0. The summed E-state index contributed by atoms with van der Waals surface area (Å²) in [6, 6.07) is 2.94. The maximum atomic E-state index is 13.3. The van der Waals surface area contributed by atoms with Crippen molar-refractivity contribution in [2.75, 3.05) is 6.54 Å². The SMILES string of the molecule is CC(NCCC(F)(F)F)c1cccc(F)c1F. The van der Waals surface area contributed by atoms with Crippen molar-refractivity contribution in [2.24, 2.45) is 0 Å². The molecule has 1 unspecified atom stereocenters. The summed E-state index contributed by atoms with van der Waals surface area (Å²) in [6.07, 6.45) is -5.26. The summed E-state index contributed by atoms with van der Waals surface area (Å²) >= 11 is 0. The molecule has 96 valence electrons. The van der Waals surface area contributed by atoms with Gasteiger partial charge in [-0.25, -0.2) is 8.78 Å². The van der Waals surface area contributed by atoms with Crippen LogP contribution in [-0.2, 0) is 0 Å². The molecule has 17 heavy (non-hydrogen) atoms. The fraction of sp³-hybridized carbons (Fsp3) is 0.455. The first-order valence-electron chi connectivity index (χ1n) is 5.05. The van der Waals surface area contributed by atoms with Crippen molar-refractivity contribution in [1.29, 1.82) is 0 Å². The third kappa shape index (κ3) is 4.30. The van der Waals surface area contributed by atoms with E-state index >= 15 is 0 Å². The Bertz CT molecular complexity index is 375. The fourth-order valence-electron chi connectivity index (χ4n) is 1.40. The lowest BCUT2D eigenvalue weighted by atomic mass is 10.1. The van der Waals surface area contributed by atoms with Crippen LogP contribution in [0.25, 0.3) is 0 Å². The van der Waals surface area contributed by atoms with Crippen LogP contribution in [0.2, 0.25) is 0 Å². The van der Waals surface area contributed by atoms with E-state index in [0.717, 1.165) is 6.07 Å². The minimum absolute atomic E-state index is 0.0205. The van der Waals surface area contributed by atoms with E-state index in [0.29, 0.717) is 0 Å². The molecule has 0 amide bonds. The average molecular weight is 253 g/mol. The molecule has 6 heteroatoms. The van der Waals surface area contributed by atoms with E-state index < -0.39 is 30.3 Å². The topological polar surface area (TPSA) is 12.0 Å². The molecular weight excluding hydrogens is 241 g/mol. The van der Waals surface area contributed by atoms with Gasteiger partial charge in [-0.15, -0.1) is 0 Å². The smallest absolute Gasteiger partial charge is 0.310 e. The molecule has 0 spiro atoms. The van der Waals surface area contributed by atoms with Crippen LogP contribution in [0.5, 0.6) is 0 Å². The third-order valence-electron chi connectivity index (χ3n) is 2.31. The average Bonchev–Trinajstić information content (AvgIpc) is 2.20. The second kappa shape index (κ2) is 5.44. The van der Waals surface area contributed by atoms with E-state index in [4.69, 9.17) is 0 Å². The van der Waals surface area contributed by atoms with E-state index in [1.807, 2.05) is 0 Å². The van der Waals surface area contributed by atoms with Gasteiger partial charge in [0.2, 0.25) is 0 Å². The van der Waals surface area contributed by atoms with Gasteiger partial charge < -0.3 is 5.32 Å². The minimum Gasteiger partial charge on any atom is -0.310 e. The molecule has 0 aliphatic carbocycles. The van der Waals surface area contributed by atoms with Gasteiger partial charge in [0.05, 0.1) is 6.42 Å². The normalized spacial score (nSPS) is 13.8. The highest BCUT2D eigenvalue weighted by Crippen LogP contribution is 2.21. The maximum Gasteiger partial charge on any atom is 0.390 e. The van der Waals surface area contributed by atoms with Crippen LogP contribution in [0, 0.1) is 11.6 Å². The molecule has 0 radical (unpaired) electrons. The lowest BCUT2D eigenvalue weighted by Crippen LogP contribution is -2.25. The number of benzene rings is 1. The summed E-state index contributed by atoms with van der Waals surface area (Å²) in [4.78, 5) is 0. The van der Waals surface area contributed by atoms with Crippen LogP contribution in [-0.4, -0.2) is 12.7 Å². The Morgan fingerprint density at radius 3 is 2.47 bits per heavy atom. The van der Waals surface area contributed by atoms with E-state index in [1.165, 1.54) is 19.1 Å². The first kappa shape index (κ1) is 13.9. The van der Waals surface area contributed by atoms with E-state index in [2.05, 4.69) is 5.32 Å². The third-order valence-corrected chi connectivity index (χ3v) is 2.31. The molecule has 0 aliphatic rings. The Hall–Kier alpha value is -1.17. The number of hydrogen-bond donors (Lipinski definition) is 1. The fourth-order valence-corrected chi connectivity index (χ4v) is 1.40. The van der Waals surface area contributed by atoms with Gasteiger partial charge in [-0.3, -0.25) is 0 Å². The van der Waals surface area contributed by atoms with Crippen molar-refractivity contribution in [1.82, 2.24) is 5.32 Å². The highest BCUT2D eigenvalue weighted by Gasteiger charge is 2.26. The Labute approximate surface area is 95.6 Å². The van der Waals surface area contributed by atoms with Gasteiger partial charge in [-0.2, -0.15) is 13.2 Å².